The summed E-state index contributed by atoms with van der Waals surface area (Å²) in [6.07, 6.45) is 2.44. The molecule has 2 rings (SSSR count). The van der Waals surface area contributed by atoms with Gasteiger partial charge in [0.05, 0.1) is 16.9 Å². The summed E-state index contributed by atoms with van der Waals surface area (Å²) >= 11 is 0. The van der Waals surface area contributed by atoms with Crippen molar-refractivity contribution in [3.63, 3.8) is 0 Å². The molecule has 0 aromatic carbocycles. The summed E-state index contributed by atoms with van der Waals surface area (Å²) in [5.41, 5.74) is 3.67. The zero-order valence-electron chi connectivity index (χ0n) is 11.7. The fourth-order valence-electron chi connectivity index (χ4n) is 2.96. The average Bonchev–Trinajstić information content (AvgIpc) is 2.76. The molecular formula is C15H21N3. The number of aromatic nitrogens is 1. The number of pyridine rings is 1. The lowest BCUT2D eigenvalue weighted by molar-refractivity contribution is 0.491. The molecule has 1 atom stereocenters. The van der Waals surface area contributed by atoms with Gasteiger partial charge in [-0.2, -0.15) is 5.26 Å². The van der Waals surface area contributed by atoms with Crippen molar-refractivity contribution in [2.24, 2.45) is 5.92 Å². The molecular weight excluding hydrogens is 222 g/mol. The lowest BCUT2D eigenvalue weighted by Gasteiger charge is -2.30. The second-order valence-electron chi connectivity index (χ2n) is 5.50. The van der Waals surface area contributed by atoms with Crippen LogP contribution in [0, 0.1) is 31.1 Å². The second kappa shape index (κ2) is 4.97. The Labute approximate surface area is 109 Å². The van der Waals surface area contributed by atoms with Crippen LogP contribution in [0.4, 0.5) is 5.69 Å². The Bertz CT molecular complexity index is 485. The Morgan fingerprint density at radius 1 is 1.44 bits per heavy atom. The Morgan fingerprint density at radius 3 is 2.78 bits per heavy atom. The molecule has 2 heterocycles. The summed E-state index contributed by atoms with van der Waals surface area (Å²) in [5.74, 6) is 0.618. The smallest absolute Gasteiger partial charge is 0.103 e. The fourth-order valence-corrected chi connectivity index (χ4v) is 2.96. The van der Waals surface area contributed by atoms with E-state index in [0.717, 1.165) is 29.2 Å². The van der Waals surface area contributed by atoms with Crippen LogP contribution in [0.5, 0.6) is 0 Å². The molecule has 1 aromatic rings. The molecule has 1 unspecified atom stereocenters. The van der Waals surface area contributed by atoms with Gasteiger partial charge in [0.1, 0.15) is 6.07 Å². The van der Waals surface area contributed by atoms with Crippen LogP contribution in [0.2, 0.25) is 0 Å². The van der Waals surface area contributed by atoms with Crippen molar-refractivity contribution in [3.8, 4) is 6.07 Å². The highest BCUT2D eigenvalue weighted by Gasteiger charge is 2.29. The van der Waals surface area contributed by atoms with Gasteiger partial charge < -0.3 is 4.90 Å². The minimum atomic E-state index is 0.554. The first-order valence-corrected chi connectivity index (χ1v) is 6.69. The van der Waals surface area contributed by atoms with Gasteiger partial charge >= 0.3 is 0 Å². The summed E-state index contributed by atoms with van der Waals surface area (Å²) in [6.45, 7) is 9.50. The Kier molecular flexibility index (Phi) is 3.56. The van der Waals surface area contributed by atoms with Gasteiger partial charge in [-0.1, -0.05) is 13.8 Å². The van der Waals surface area contributed by atoms with Gasteiger partial charge in [0.25, 0.3) is 0 Å². The third-order valence-corrected chi connectivity index (χ3v) is 3.80. The third kappa shape index (κ3) is 2.20. The van der Waals surface area contributed by atoms with E-state index in [-0.39, 0.29) is 0 Å². The molecule has 1 saturated heterocycles. The Balaban J connectivity index is 2.47. The van der Waals surface area contributed by atoms with Crippen LogP contribution in [-0.4, -0.2) is 17.6 Å². The molecule has 18 heavy (non-hydrogen) atoms. The summed E-state index contributed by atoms with van der Waals surface area (Å²) < 4.78 is 0. The fraction of sp³-hybridized carbons (Fsp3) is 0.600. The van der Waals surface area contributed by atoms with E-state index in [2.05, 4.69) is 35.9 Å². The molecule has 1 aromatic heterocycles. The molecule has 0 amide bonds. The quantitative estimate of drug-likeness (QED) is 0.800. The normalized spacial score (nSPS) is 19.3. The number of rotatable bonds is 2. The van der Waals surface area contributed by atoms with Crippen molar-refractivity contribution >= 4 is 5.69 Å². The minimum absolute atomic E-state index is 0.554. The van der Waals surface area contributed by atoms with Gasteiger partial charge in [-0.15, -0.1) is 0 Å². The summed E-state index contributed by atoms with van der Waals surface area (Å²) in [4.78, 5) is 6.80. The lowest BCUT2D eigenvalue weighted by Crippen LogP contribution is -2.34. The Hall–Kier alpha value is -1.56. The van der Waals surface area contributed by atoms with Crippen LogP contribution in [0.25, 0.3) is 0 Å². The highest BCUT2D eigenvalue weighted by Crippen LogP contribution is 2.33. The van der Waals surface area contributed by atoms with Gasteiger partial charge in [0.2, 0.25) is 0 Å². The number of nitriles is 1. The van der Waals surface area contributed by atoms with E-state index in [9.17, 15) is 5.26 Å². The number of hydrogen-bond acceptors (Lipinski definition) is 3. The maximum absolute atomic E-state index is 9.36. The maximum atomic E-state index is 9.36. The molecule has 0 aliphatic carbocycles. The predicted molar refractivity (Wildman–Crippen MR) is 73.6 cm³/mol. The van der Waals surface area contributed by atoms with Crippen LogP contribution in [0.15, 0.2) is 6.07 Å². The molecule has 0 bridgehead atoms. The summed E-state index contributed by atoms with van der Waals surface area (Å²) in [6, 6.07) is 4.94. The van der Waals surface area contributed by atoms with Crippen molar-refractivity contribution in [1.29, 1.82) is 5.26 Å². The van der Waals surface area contributed by atoms with Gasteiger partial charge in [0.15, 0.2) is 0 Å². The van der Waals surface area contributed by atoms with Crippen molar-refractivity contribution < 1.29 is 0 Å². The molecule has 1 aliphatic rings. The van der Waals surface area contributed by atoms with Crippen LogP contribution in [-0.2, 0) is 0 Å². The topological polar surface area (TPSA) is 39.9 Å². The summed E-state index contributed by atoms with van der Waals surface area (Å²) in [7, 11) is 0. The largest absolute Gasteiger partial charge is 0.367 e. The van der Waals surface area contributed by atoms with Gasteiger partial charge in [-0.3, -0.25) is 4.98 Å². The maximum Gasteiger partial charge on any atom is 0.103 e. The van der Waals surface area contributed by atoms with E-state index in [4.69, 9.17) is 0 Å². The Morgan fingerprint density at radius 2 is 2.17 bits per heavy atom. The van der Waals surface area contributed by atoms with Crippen molar-refractivity contribution in [2.75, 3.05) is 11.4 Å². The molecule has 1 aliphatic heterocycles. The first kappa shape index (κ1) is 12.9. The van der Waals surface area contributed by atoms with Crippen LogP contribution in [0.1, 0.15) is 43.6 Å². The third-order valence-electron chi connectivity index (χ3n) is 3.80. The van der Waals surface area contributed by atoms with Crippen molar-refractivity contribution in [1.82, 2.24) is 4.98 Å². The average molecular weight is 243 g/mol. The monoisotopic (exact) mass is 243 g/mol. The summed E-state index contributed by atoms with van der Waals surface area (Å²) in [5, 5.41) is 9.36. The first-order chi connectivity index (χ1) is 8.54. The second-order valence-corrected chi connectivity index (χ2v) is 5.50. The van der Waals surface area contributed by atoms with E-state index in [1.807, 2.05) is 13.8 Å². The van der Waals surface area contributed by atoms with Crippen molar-refractivity contribution in [2.45, 2.75) is 46.6 Å². The molecule has 3 nitrogen and oxygen atoms in total. The van der Waals surface area contributed by atoms with Gasteiger partial charge in [-0.25, -0.2) is 0 Å². The predicted octanol–water partition coefficient (Wildman–Crippen LogP) is 3.19. The zero-order valence-corrected chi connectivity index (χ0v) is 11.7. The van der Waals surface area contributed by atoms with Crippen LogP contribution < -0.4 is 4.90 Å². The van der Waals surface area contributed by atoms with E-state index in [1.54, 1.807) is 0 Å². The number of aryl methyl sites for hydroxylation is 2. The molecule has 0 radical (unpaired) electrons. The number of hydrogen-bond donors (Lipinski definition) is 0. The standard InChI is InChI=1S/C15H21N3/c1-10(2)14-6-5-7-18(14)15-8-11(3)17-12(4)13(15)9-16/h8,10,14H,5-7H2,1-4H3. The molecule has 0 N–H and O–H groups in total. The zero-order chi connectivity index (χ0) is 13.3. The molecule has 1 fully saturated rings. The molecule has 3 heteroatoms. The highest BCUT2D eigenvalue weighted by molar-refractivity contribution is 5.62. The van der Waals surface area contributed by atoms with E-state index < -0.39 is 0 Å². The molecule has 96 valence electrons. The molecule has 0 spiro atoms. The van der Waals surface area contributed by atoms with Crippen molar-refractivity contribution in [3.05, 3.63) is 23.0 Å². The minimum Gasteiger partial charge on any atom is -0.367 e. The highest BCUT2D eigenvalue weighted by atomic mass is 15.2. The number of nitrogens with zero attached hydrogens (tertiary/aromatic N) is 3. The molecule has 0 saturated carbocycles. The van der Waals surface area contributed by atoms with E-state index in [1.165, 1.54) is 12.8 Å². The van der Waals surface area contributed by atoms with E-state index >= 15 is 0 Å². The first-order valence-electron chi connectivity index (χ1n) is 6.69. The SMILES string of the molecule is Cc1cc(N2CCCC2C(C)C)c(C#N)c(C)n1. The van der Waals surface area contributed by atoms with Crippen LogP contribution >= 0.6 is 0 Å². The van der Waals surface area contributed by atoms with Gasteiger partial charge in [0, 0.05) is 18.3 Å². The number of anilines is 1. The van der Waals surface area contributed by atoms with E-state index in [0.29, 0.717) is 12.0 Å². The lowest BCUT2D eigenvalue weighted by atomic mass is 10.0. The van der Waals surface area contributed by atoms with Gasteiger partial charge in [-0.05, 0) is 38.7 Å². The van der Waals surface area contributed by atoms with Crippen LogP contribution in [0.3, 0.4) is 0 Å².